The first-order valence-electron chi connectivity index (χ1n) is 7.40. The number of aromatic nitrogens is 1. The predicted molar refractivity (Wildman–Crippen MR) is 97.9 cm³/mol. The molecule has 1 heterocycles. The fourth-order valence-corrected chi connectivity index (χ4v) is 4.63. The number of nitrogens with zero attached hydrogens (tertiary/aromatic N) is 1. The van der Waals surface area contributed by atoms with Gasteiger partial charge >= 0.3 is 0 Å². The van der Waals surface area contributed by atoms with Gasteiger partial charge in [-0.25, -0.2) is 22.5 Å². The molecule has 0 spiro atoms. The molecule has 130 valence electrons. The molecule has 0 aliphatic carbocycles. The van der Waals surface area contributed by atoms with Gasteiger partial charge in [-0.1, -0.05) is 35.9 Å². The Bertz CT molecular complexity index is 990. The van der Waals surface area contributed by atoms with Gasteiger partial charge in [0.2, 0.25) is 10.0 Å². The summed E-state index contributed by atoms with van der Waals surface area (Å²) in [5.41, 5.74) is 1.44. The molecule has 0 radical (unpaired) electrons. The van der Waals surface area contributed by atoms with E-state index in [-0.39, 0.29) is 22.3 Å². The minimum atomic E-state index is -3.67. The molecule has 0 saturated heterocycles. The minimum Gasteiger partial charge on any atom is -0.241 e. The highest BCUT2D eigenvalue weighted by Crippen LogP contribution is 2.24. The van der Waals surface area contributed by atoms with Crippen molar-refractivity contribution in [2.75, 3.05) is 6.54 Å². The molecule has 2 aromatic carbocycles. The van der Waals surface area contributed by atoms with E-state index in [1.54, 1.807) is 24.3 Å². The van der Waals surface area contributed by atoms with Crippen LogP contribution in [0.15, 0.2) is 58.8 Å². The van der Waals surface area contributed by atoms with Crippen molar-refractivity contribution in [3.05, 3.63) is 70.4 Å². The van der Waals surface area contributed by atoms with Crippen LogP contribution >= 0.6 is 22.9 Å². The lowest BCUT2D eigenvalue weighted by Gasteiger charge is -2.07. The van der Waals surface area contributed by atoms with Crippen LogP contribution in [0.2, 0.25) is 5.02 Å². The summed E-state index contributed by atoms with van der Waals surface area (Å²) in [6.45, 7) is 0.194. The third kappa shape index (κ3) is 4.43. The van der Waals surface area contributed by atoms with E-state index in [0.717, 1.165) is 5.69 Å². The Morgan fingerprint density at radius 2 is 1.96 bits per heavy atom. The fourth-order valence-electron chi connectivity index (χ4n) is 2.23. The Morgan fingerprint density at radius 1 is 1.16 bits per heavy atom. The average molecular weight is 397 g/mol. The van der Waals surface area contributed by atoms with Crippen molar-refractivity contribution in [3.8, 4) is 10.6 Å². The van der Waals surface area contributed by atoms with E-state index in [4.69, 9.17) is 11.6 Å². The molecule has 1 aromatic heterocycles. The smallest absolute Gasteiger partial charge is 0.241 e. The zero-order valence-corrected chi connectivity index (χ0v) is 15.3. The quantitative estimate of drug-likeness (QED) is 0.681. The van der Waals surface area contributed by atoms with Crippen LogP contribution in [-0.4, -0.2) is 19.9 Å². The predicted octanol–water partition coefficient (Wildman–Crippen LogP) is 4.12. The maximum absolute atomic E-state index is 13.3. The van der Waals surface area contributed by atoms with E-state index in [1.165, 1.54) is 35.6 Å². The zero-order valence-electron chi connectivity index (χ0n) is 12.9. The second kappa shape index (κ2) is 7.61. The first-order chi connectivity index (χ1) is 12.0. The van der Waals surface area contributed by atoms with Crippen molar-refractivity contribution in [2.24, 2.45) is 0 Å². The fraction of sp³-hybridized carbons (Fsp3) is 0.118. The van der Waals surface area contributed by atoms with E-state index >= 15 is 0 Å². The van der Waals surface area contributed by atoms with E-state index in [9.17, 15) is 12.8 Å². The van der Waals surface area contributed by atoms with Crippen LogP contribution in [-0.2, 0) is 16.4 Å². The molecule has 0 unspecified atom stereocenters. The highest BCUT2D eigenvalue weighted by atomic mass is 35.5. The molecule has 0 saturated carbocycles. The van der Waals surface area contributed by atoms with Gasteiger partial charge < -0.3 is 0 Å². The Kier molecular flexibility index (Phi) is 5.48. The molecular formula is C17H14ClFN2O2S2. The van der Waals surface area contributed by atoms with Crippen LogP contribution < -0.4 is 4.72 Å². The molecule has 3 rings (SSSR count). The van der Waals surface area contributed by atoms with E-state index in [2.05, 4.69) is 9.71 Å². The third-order valence-corrected chi connectivity index (χ3v) is 6.32. The van der Waals surface area contributed by atoms with Gasteiger partial charge in [0.05, 0.1) is 10.7 Å². The van der Waals surface area contributed by atoms with Crippen molar-refractivity contribution >= 4 is 33.0 Å². The number of nitrogens with one attached hydrogen (secondary N) is 1. The average Bonchev–Trinajstić information content (AvgIpc) is 3.04. The summed E-state index contributed by atoms with van der Waals surface area (Å²) < 4.78 is 40.3. The molecule has 8 heteroatoms. The number of halogens is 2. The number of hydrogen-bond acceptors (Lipinski definition) is 4. The molecule has 25 heavy (non-hydrogen) atoms. The topological polar surface area (TPSA) is 59.1 Å². The Balaban J connectivity index is 1.64. The monoisotopic (exact) mass is 396 g/mol. The van der Waals surface area contributed by atoms with Crippen LogP contribution in [0, 0.1) is 5.82 Å². The minimum absolute atomic E-state index is 0.0513. The number of hydrogen-bond donors (Lipinski definition) is 1. The number of rotatable bonds is 6. The van der Waals surface area contributed by atoms with Gasteiger partial charge in [-0.3, -0.25) is 0 Å². The Labute approximate surface area is 154 Å². The van der Waals surface area contributed by atoms with E-state index < -0.39 is 10.0 Å². The highest BCUT2D eigenvalue weighted by Gasteiger charge is 2.16. The lowest BCUT2D eigenvalue weighted by atomic mass is 10.2. The standard InChI is InChI=1S/C17H14ClFN2O2S2/c18-15-6-1-2-7-16(15)25(22,23)20-9-8-14-11-24-17(21-14)12-4-3-5-13(19)10-12/h1-7,10-11,20H,8-9H2. The summed E-state index contributed by atoms with van der Waals surface area (Å²) in [4.78, 5) is 4.47. The molecule has 4 nitrogen and oxygen atoms in total. The SMILES string of the molecule is O=S(=O)(NCCc1csc(-c2cccc(F)c2)n1)c1ccccc1Cl. The van der Waals surface area contributed by atoms with Crippen molar-refractivity contribution < 1.29 is 12.8 Å². The van der Waals surface area contributed by atoms with Gasteiger partial charge in [0.1, 0.15) is 15.7 Å². The lowest BCUT2D eigenvalue weighted by Crippen LogP contribution is -2.26. The molecule has 0 fully saturated rings. The van der Waals surface area contributed by atoms with Gasteiger partial charge in [-0.15, -0.1) is 11.3 Å². The zero-order chi connectivity index (χ0) is 17.9. The van der Waals surface area contributed by atoms with Crippen molar-refractivity contribution in [1.29, 1.82) is 0 Å². The largest absolute Gasteiger partial charge is 0.242 e. The normalized spacial score (nSPS) is 11.6. The molecule has 0 amide bonds. The Hall–Kier alpha value is -1.80. The molecular weight excluding hydrogens is 383 g/mol. The van der Waals surface area contributed by atoms with Crippen LogP contribution in [0.1, 0.15) is 5.69 Å². The summed E-state index contributed by atoms with van der Waals surface area (Å²) in [5, 5.41) is 2.71. The van der Waals surface area contributed by atoms with Crippen molar-refractivity contribution in [1.82, 2.24) is 9.71 Å². The molecule has 0 bridgehead atoms. The Morgan fingerprint density at radius 3 is 2.72 bits per heavy atom. The summed E-state index contributed by atoms with van der Waals surface area (Å²) in [6, 6.07) is 12.5. The summed E-state index contributed by atoms with van der Waals surface area (Å²) in [7, 11) is -3.67. The number of sulfonamides is 1. The first-order valence-corrected chi connectivity index (χ1v) is 10.1. The second-order valence-corrected chi connectivity index (χ2v) is 8.23. The van der Waals surface area contributed by atoms with Gasteiger partial charge in [-0.05, 0) is 24.3 Å². The van der Waals surface area contributed by atoms with Crippen LogP contribution in [0.3, 0.4) is 0 Å². The van der Waals surface area contributed by atoms with Crippen LogP contribution in [0.4, 0.5) is 4.39 Å². The molecule has 0 aliphatic rings. The first kappa shape index (κ1) is 18.0. The summed E-state index contributed by atoms with van der Waals surface area (Å²) in [5.74, 6) is -0.318. The second-order valence-electron chi connectivity index (χ2n) is 5.23. The maximum atomic E-state index is 13.3. The van der Waals surface area contributed by atoms with E-state index in [0.29, 0.717) is 17.0 Å². The lowest BCUT2D eigenvalue weighted by molar-refractivity contribution is 0.581. The van der Waals surface area contributed by atoms with Crippen molar-refractivity contribution in [3.63, 3.8) is 0 Å². The van der Waals surface area contributed by atoms with Gasteiger partial charge in [0.25, 0.3) is 0 Å². The molecule has 0 atom stereocenters. The van der Waals surface area contributed by atoms with Crippen LogP contribution in [0.25, 0.3) is 10.6 Å². The van der Waals surface area contributed by atoms with Gasteiger partial charge in [-0.2, -0.15) is 0 Å². The van der Waals surface area contributed by atoms with Crippen molar-refractivity contribution in [2.45, 2.75) is 11.3 Å². The highest BCUT2D eigenvalue weighted by molar-refractivity contribution is 7.89. The summed E-state index contributed by atoms with van der Waals surface area (Å²) >= 11 is 7.32. The van der Waals surface area contributed by atoms with Gasteiger partial charge in [0, 0.05) is 23.9 Å². The third-order valence-electron chi connectivity index (χ3n) is 3.42. The van der Waals surface area contributed by atoms with Crippen LogP contribution in [0.5, 0.6) is 0 Å². The van der Waals surface area contributed by atoms with Gasteiger partial charge in [0.15, 0.2) is 0 Å². The number of thiazole rings is 1. The summed E-state index contributed by atoms with van der Waals surface area (Å²) in [6.07, 6.45) is 0.426. The molecule has 3 aromatic rings. The maximum Gasteiger partial charge on any atom is 0.242 e. The molecule has 1 N–H and O–H groups in total. The molecule has 0 aliphatic heterocycles. The number of benzene rings is 2. The van der Waals surface area contributed by atoms with E-state index in [1.807, 2.05) is 5.38 Å².